The van der Waals surface area contributed by atoms with Gasteiger partial charge in [-0.3, -0.25) is 9.59 Å². The van der Waals surface area contributed by atoms with Gasteiger partial charge in [0.2, 0.25) is 0 Å². The van der Waals surface area contributed by atoms with Crippen molar-refractivity contribution in [1.82, 2.24) is 4.57 Å². The van der Waals surface area contributed by atoms with Crippen LogP contribution in [0.1, 0.15) is 10.4 Å². The Labute approximate surface area is 133 Å². The van der Waals surface area contributed by atoms with Crippen LogP contribution >= 0.6 is 0 Å². The Bertz CT molecular complexity index is 927. The monoisotopic (exact) mass is 308 g/mol. The van der Waals surface area contributed by atoms with Crippen molar-refractivity contribution in [1.29, 1.82) is 0 Å². The Morgan fingerprint density at radius 3 is 2.48 bits per heavy atom. The summed E-state index contributed by atoms with van der Waals surface area (Å²) >= 11 is 0. The van der Waals surface area contributed by atoms with Crippen LogP contribution in [0.15, 0.2) is 59.4 Å². The summed E-state index contributed by atoms with van der Waals surface area (Å²) in [4.78, 5) is 24.3. The van der Waals surface area contributed by atoms with Gasteiger partial charge >= 0.3 is 0 Å². The van der Waals surface area contributed by atoms with E-state index in [-0.39, 0.29) is 11.5 Å². The second-order valence-corrected chi connectivity index (χ2v) is 5.15. The van der Waals surface area contributed by atoms with Gasteiger partial charge in [0.1, 0.15) is 5.75 Å². The third-order valence-corrected chi connectivity index (χ3v) is 3.76. The van der Waals surface area contributed by atoms with E-state index >= 15 is 0 Å². The van der Waals surface area contributed by atoms with E-state index in [1.165, 1.54) is 10.6 Å². The molecule has 2 aromatic carbocycles. The molecule has 1 N–H and O–H groups in total. The number of anilines is 1. The lowest BCUT2D eigenvalue weighted by Gasteiger charge is -2.10. The minimum Gasteiger partial charge on any atom is -0.497 e. The molecule has 3 aromatic rings. The van der Waals surface area contributed by atoms with Gasteiger partial charge in [0.15, 0.2) is 0 Å². The molecule has 0 bridgehead atoms. The zero-order valence-corrected chi connectivity index (χ0v) is 12.9. The first-order valence-corrected chi connectivity index (χ1v) is 7.14. The largest absolute Gasteiger partial charge is 0.497 e. The van der Waals surface area contributed by atoms with Gasteiger partial charge in [0.05, 0.1) is 12.6 Å². The predicted molar refractivity (Wildman–Crippen MR) is 90.1 cm³/mol. The maximum absolute atomic E-state index is 12.5. The fourth-order valence-electron chi connectivity index (χ4n) is 2.48. The first-order valence-electron chi connectivity index (χ1n) is 7.14. The van der Waals surface area contributed by atoms with Gasteiger partial charge in [0.25, 0.3) is 11.5 Å². The summed E-state index contributed by atoms with van der Waals surface area (Å²) in [5, 5.41) is 3.59. The SMILES string of the molecule is COc1ccc(NC(=O)c2cccc3c2ccc(=O)n3C)cc1. The number of hydrogen-bond acceptors (Lipinski definition) is 3. The molecule has 0 saturated heterocycles. The molecule has 0 radical (unpaired) electrons. The molecule has 0 atom stereocenters. The van der Waals surface area contributed by atoms with Crippen molar-refractivity contribution in [2.75, 3.05) is 12.4 Å². The molecule has 5 nitrogen and oxygen atoms in total. The van der Waals surface area contributed by atoms with Gasteiger partial charge in [-0.1, -0.05) is 6.07 Å². The molecule has 0 spiro atoms. The van der Waals surface area contributed by atoms with Crippen molar-refractivity contribution in [2.45, 2.75) is 0 Å². The normalized spacial score (nSPS) is 10.5. The van der Waals surface area contributed by atoms with Crippen LogP contribution in [0.3, 0.4) is 0 Å². The van der Waals surface area contributed by atoms with E-state index in [0.29, 0.717) is 11.3 Å². The Balaban J connectivity index is 1.97. The summed E-state index contributed by atoms with van der Waals surface area (Å²) < 4.78 is 6.62. The number of rotatable bonds is 3. The molecule has 0 aliphatic heterocycles. The van der Waals surface area contributed by atoms with Crippen molar-refractivity contribution in [3.63, 3.8) is 0 Å². The Morgan fingerprint density at radius 1 is 1.04 bits per heavy atom. The van der Waals surface area contributed by atoms with Crippen LogP contribution in [0.4, 0.5) is 5.69 Å². The van der Waals surface area contributed by atoms with Gasteiger partial charge in [-0.05, 0) is 42.5 Å². The predicted octanol–water partition coefficient (Wildman–Crippen LogP) is 2.80. The van der Waals surface area contributed by atoms with Gasteiger partial charge in [-0.25, -0.2) is 0 Å². The highest BCUT2D eigenvalue weighted by Gasteiger charge is 2.11. The Morgan fingerprint density at radius 2 is 1.78 bits per heavy atom. The van der Waals surface area contributed by atoms with Gasteiger partial charge in [0, 0.05) is 29.8 Å². The number of benzene rings is 2. The maximum Gasteiger partial charge on any atom is 0.256 e. The summed E-state index contributed by atoms with van der Waals surface area (Å²) in [6.45, 7) is 0. The lowest BCUT2D eigenvalue weighted by atomic mass is 10.1. The molecule has 1 heterocycles. The molecule has 116 valence electrons. The number of carbonyl (C=O) groups excluding carboxylic acids is 1. The Hall–Kier alpha value is -3.08. The molecular weight excluding hydrogens is 292 g/mol. The smallest absolute Gasteiger partial charge is 0.256 e. The number of methoxy groups -OCH3 is 1. The first kappa shape index (κ1) is 14.8. The second kappa shape index (κ2) is 5.96. The number of ether oxygens (including phenoxy) is 1. The molecule has 0 aliphatic carbocycles. The van der Waals surface area contributed by atoms with Crippen molar-refractivity contribution >= 4 is 22.5 Å². The number of fused-ring (bicyclic) bond motifs is 1. The topological polar surface area (TPSA) is 60.3 Å². The minimum atomic E-state index is -0.223. The highest BCUT2D eigenvalue weighted by Crippen LogP contribution is 2.20. The van der Waals surface area contributed by atoms with E-state index in [2.05, 4.69) is 5.32 Å². The molecule has 0 fully saturated rings. The molecule has 5 heteroatoms. The van der Waals surface area contributed by atoms with Crippen LogP contribution in [0, 0.1) is 0 Å². The lowest BCUT2D eigenvalue weighted by Crippen LogP contribution is -2.17. The van der Waals surface area contributed by atoms with E-state index in [4.69, 9.17) is 4.74 Å². The molecule has 0 saturated carbocycles. The summed E-state index contributed by atoms with van der Waals surface area (Å²) in [5.41, 5.74) is 1.82. The van der Waals surface area contributed by atoms with Crippen molar-refractivity contribution in [2.24, 2.45) is 7.05 Å². The highest BCUT2D eigenvalue weighted by atomic mass is 16.5. The van der Waals surface area contributed by atoms with Crippen LogP contribution in [-0.4, -0.2) is 17.6 Å². The minimum absolute atomic E-state index is 0.106. The van der Waals surface area contributed by atoms with Crippen molar-refractivity contribution in [3.8, 4) is 5.75 Å². The molecule has 0 unspecified atom stereocenters. The van der Waals surface area contributed by atoms with Crippen LogP contribution in [-0.2, 0) is 7.05 Å². The number of hydrogen-bond donors (Lipinski definition) is 1. The van der Waals surface area contributed by atoms with Crippen molar-refractivity contribution in [3.05, 3.63) is 70.5 Å². The number of aryl methyl sites for hydroxylation is 1. The molecule has 23 heavy (non-hydrogen) atoms. The van der Waals surface area contributed by atoms with E-state index in [1.807, 2.05) is 6.07 Å². The fraction of sp³-hybridized carbons (Fsp3) is 0.111. The number of carbonyl (C=O) groups is 1. The third kappa shape index (κ3) is 2.81. The molecule has 1 amide bonds. The second-order valence-electron chi connectivity index (χ2n) is 5.15. The van der Waals surface area contributed by atoms with Gasteiger partial charge < -0.3 is 14.6 Å². The standard InChI is InChI=1S/C18H16N2O3/c1-20-16-5-3-4-15(14(16)10-11-17(20)21)18(22)19-12-6-8-13(23-2)9-7-12/h3-11H,1-2H3,(H,19,22). The summed E-state index contributed by atoms with van der Waals surface area (Å²) in [6.07, 6.45) is 0. The van der Waals surface area contributed by atoms with Gasteiger partial charge in [-0.15, -0.1) is 0 Å². The third-order valence-electron chi connectivity index (χ3n) is 3.76. The lowest BCUT2D eigenvalue weighted by molar-refractivity contribution is 0.102. The summed E-state index contributed by atoms with van der Waals surface area (Å²) in [7, 11) is 3.28. The summed E-state index contributed by atoms with van der Waals surface area (Å²) in [6, 6.07) is 15.6. The van der Waals surface area contributed by atoms with E-state index in [9.17, 15) is 9.59 Å². The quantitative estimate of drug-likeness (QED) is 0.809. The van der Waals surface area contributed by atoms with Crippen LogP contribution in [0.25, 0.3) is 10.9 Å². The average Bonchev–Trinajstić information content (AvgIpc) is 2.58. The average molecular weight is 308 g/mol. The zero-order chi connectivity index (χ0) is 16.4. The van der Waals surface area contributed by atoms with E-state index in [1.54, 1.807) is 56.6 Å². The molecule has 3 rings (SSSR count). The van der Waals surface area contributed by atoms with E-state index in [0.717, 1.165) is 16.7 Å². The maximum atomic E-state index is 12.5. The Kier molecular flexibility index (Phi) is 3.85. The molecule has 0 aliphatic rings. The number of pyridine rings is 1. The molecular formula is C18H16N2O3. The number of nitrogens with one attached hydrogen (secondary N) is 1. The van der Waals surface area contributed by atoms with Crippen LogP contribution in [0.2, 0.25) is 0 Å². The summed E-state index contributed by atoms with van der Waals surface area (Å²) in [5.74, 6) is 0.502. The van der Waals surface area contributed by atoms with Crippen LogP contribution in [0.5, 0.6) is 5.75 Å². The highest BCUT2D eigenvalue weighted by molar-refractivity contribution is 6.12. The number of nitrogens with zero attached hydrogens (tertiary/aromatic N) is 1. The molecule has 1 aromatic heterocycles. The van der Waals surface area contributed by atoms with Crippen molar-refractivity contribution < 1.29 is 9.53 Å². The van der Waals surface area contributed by atoms with Gasteiger partial charge in [-0.2, -0.15) is 0 Å². The fourth-order valence-corrected chi connectivity index (χ4v) is 2.48. The first-order chi connectivity index (χ1) is 11.1. The van der Waals surface area contributed by atoms with E-state index < -0.39 is 0 Å². The van der Waals surface area contributed by atoms with Crippen LogP contribution < -0.4 is 15.6 Å². The zero-order valence-electron chi connectivity index (χ0n) is 12.9. The number of amides is 1. The number of aromatic nitrogens is 1.